The molecule has 0 fully saturated rings. The molecule has 0 spiro atoms. The van der Waals surface area contributed by atoms with Crippen molar-refractivity contribution in [1.29, 1.82) is 0 Å². The lowest BCUT2D eigenvalue weighted by Gasteiger charge is -2.12. The van der Waals surface area contributed by atoms with Crippen molar-refractivity contribution < 1.29 is 23.9 Å². The average molecular weight is 587 g/mol. The normalized spacial score (nSPS) is 11.0. The number of fused-ring (bicyclic) bond motifs is 1. The Bertz CT molecular complexity index is 1980. The highest BCUT2D eigenvalue weighted by Crippen LogP contribution is 2.17. The highest BCUT2D eigenvalue weighted by atomic mass is 19.1. The third kappa shape index (κ3) is 5.72. The zero-order valence-corrected chi connectivity index (χ0v) is 22.2. The van der Waals surface area contributed by atoms with Crippen LogP contribution in [0.3, 0.4) is 0 Å². The fourth-order valence-electron chi connectivity index (χ4n) is 4.21. The van der Waals surface area contributed by atoms with Crippen LogP contribution in [0.5, 0.6) is 0 Å². The van der Waals surface area contributed by atoms with Crippen molar-refractivity contribution in [3.05, 3.63) is 115 Å². The Morgan fingerprint density at radius 1 is 0.884 bits per heavy atom. The molecular formula is C28H23FN8O6. The van der Waals surface area contributed by atoms with Gasteiger partial charge < -0.3 is 32.5 Å². The maximum Gasteiger partial charge on any atom is 0.335 e. The molecule has 43 heavy (non-hydrogen) atoms. The van der Waals surface area contributed by atoms with Gasteiger partial charge in [-0.3, -0.25) is 19.2 Å². The predicted octanol–water partition coefficient (Wildman–Crippen LogP) is 0.799. The molecule has 0 aliphatic heterocycles. The summed E-state index contributed by atoms with van der Waals surface area (Å²) in [4.78, 5) is 64.3. The molecule has 0 atom stereocenters. The number of nitrogens with two attached hydrogens (primary N) is 2. The summed E-state index contributed by atoms with van der Waals surface area (Å²) in [6, 6.07) is 11.3. The van der Waals surface area contributed by atoms with Crippen LogP contribution >= 0.6 is 0 Å². The fourth-order valence-corrected chi connectivity index (χ4v) is 4.21. The van der Waals surface area contributed by atoms with E-state index < -0.39 is 34.5 Å². The van der Waals surface area contributed by atoms with Crippen LogP contribution < -0.4 is 38.3 Å². The number of aromatic carboxylic acids is 1. The molecule has 14 nitrogen and oxygen atoms in total. The third-order valence-corrected chi connectivity index (χ3v) is 6.58. The molecule has 2 heterocycles. The Morgan fingerprint density at radius 2 is 1.56 bits per heavy atom. The summed E-state index contributed by atoms with van der Waals surface area (Å²) >= 11 is 0. The number of anilines is 3. The number of nitrogen functional groups attached to an aromatic ring is 2. The molecule has 0 saturated carbocycles. The van der Waals surface area contributed by atoms with E-state index in [0.29, 0.717) is 11.1 Å². The Hall–Kier alpha value is -6.12. The molecule has 0 unspecified atom stereocenters. The zero-order chi connectivity index (χ0) is 30.8. The van der Waals surface area contributed by atoms with Crippen molar-refractivity contribution in [1.82, 2.24) is 25.2 Å². The Labute approximate surface area is 240 Å². The minimum atomic E-state index is -1.07. The summed E-state index contributed by atoms with van der Waals surface area (Å²) in [5.74, 6) is -2.89. The fraction of sp³-hybridized carbons (Fsp3) is 0.107. The zero-order valence-electron chi connectivity index (χ0n) is 22.2. The average Bonchev–Trinajstić information content (AvgIpc) is 3.39. The highest BCUT2D eigenvalue weighted by Gasteiger charge is 2.20. The topological polar surface area (TPSA) is 224 Å². The summed E-state index contributed by atoms with van der Waals surface area (Å²) in [7, 11) is 0. The molecule has 0 aliphatic carbocycles. The first kappa shape index (κ1) is 28.4. The molecule has 5 rings (SSSR count). The van der Waals surface area contributed by atoms with Crippen LogP contribution in [0.15, 0.2) is 64.3 Å². The van der Waals surface area contributed by atoms with Crippen LogP contribution in [0.4, 0.5) is 21.5 Å². The Kier molecular flexibility index (Phi) is 7.53. The number of carbonyl (C=O) groups excluding carboxylic acids is 2. The number of nitrogens with zero attached hydrogens (tertiary/aromatic N) is 3. The Morgan fingerprint density at radius 3 is 2.26 bits per heavy atom. The number of hydrogen-bond donors (Lipinski definition) is 6. The molecule has 0 radical (unpaired) electrons. The molecule has 8 N–H and O–H groups in total. The first-order valence-corrected chi connectivity index (χ1v) is 12.7. The molecule has 5 aromatic rings. The number of carboxylic acid groups (broad SMARTS) is 1. The van der Waals surface area contributed by atoms with Gasteiger partial charge in [-0.15, -0.1) is 0 Å². The number of nitrogens with one attached hydrogen (secondary N) is 3. The SMILES string of the molecule is Nc1c(NCc2cc(CNC(=O)c3cc(C(=O)NCc4ccc(C(=O)O)cc4)n4ncc(N)c4n3)ccc2F)c(=O)c1=O. The number of aromatic nitrogens is 3. The minimum absolute atomic E-state index is 0.0262. The van der Waals surface area contributed by atoms with Gasteiger partial charge in [-0.1, -0.05) is 18.2 Å². The van der Waals surface area contributed by atoms with Crippen molar-refractivity contribution in [3.8, 4) is 0 Å². The van der Waals surface area contributed by atoms with Gasteiger partial charge >= 0.3 is 5.97 Å². The lowest BCUT2D eigenvalue weighted by atomic mass is 10.1. The van der Waals surface area contributed by atoms with Gasteiger partial charge in [0, 0.05) is 31.3 Å². The van der Waals surface area contributed by atoms with Gasteiger partial charge in [-0.05, 0) is 35.4 Å². The molecule has 0 saturated heterocycles. The van der Waals surface area contributed by atoms with Gasteiger partial charge in [0.05, 0.1) is 17.4 Å². The minimum Gasteiger partial charge on any atom is -0.478 e. The summed E-state index contributed by atoms with van der Waals surface area (Å²) in [5.41, 5.74) is 11.1. The van der Waals surface area contributed by atoms with E-state index in [-0.39, 0.29) is 64.9 Å². The number of benzene rings is 2. The van der Waals surface area contributed by atoms with Crippen LogP contribution in [-0.2, 0) is 19.6 Å². The van der Waals surface area contributed by atoms with Gasteiger partial charge in [-0.25, -0.2) is 18.7 Å². The van der Waals surface area contributed by atoms with Crippen LogP contribution in [0.2, 0.25) is 0 Å². The van der Waals surface area contributed by atoms with Crippen molar-refractivity contribution in [2.24, 2.45) is 0 Å². The smallest absolute Gasteiger partial charge is 0.335 e. The first-order valence-electron chi connectivity index (χ1n) is 12.7. The van der Waals surface area contributed by atoms with E-state index in [0.717, 1.165) is 0 Å². The summed E-state index contributed by atoms with van der Waals surface area (Å²) < 4.78 is 15.5. The lowest BCUT2D eigenvalue weighted by Crippen LogP contribution is -2.37. The van der Waals surface area contributed by atoms with Crippen LogP contribution in [0, 0.1) is 5.82 Å². The molecule has 218 valence electrons. The van der Waals surface area contributed by atoms with E-state index in [4.69, 9.17) is 16.6 Å². The standard InChI is InChI=1S/C28H23FN8O6/c29-17-6-3-14(7-16(17)11-32-22-21(31)23(38)24(22)39)10-33-26(40)19-8-20(37-25(36-19)18(30)12-35-37)27(41)34-9-13-1-4-15(5-2-13)28(42)43/h1-8,12,32H,9-11,30-31H2,(H,33,40)(H,34,41)(H,42,43). The third-order valence-electron chi connectivity index (χ3n) is 6.58. The molecule has 3 aromatic carbocycles. The van der Waals surface area contributed by atoms with E-state index in [1.54, 1.807) is 12.1 Å². The number of amides is 2. The maximum atomic E-state index is 14.4. The lowest BCUT2D eigenvalue weighted by molar-refractivity contribution is 0.0696. The highest BCUT2D eigenvalue weighted by molar-refractivity contribution is 5.98. The second-order valence-corrected chi connectivity index (χ2v) is 9.46. The maximum absolute atomic E-state index is 14.4. The van der Waals surface area contributed by atoms with E-state index in [1.165, 1.54) is 47.1 Å². The first-order chi connectivity index (χ1) is 20.5. The number of rotatable bonds is 10. The molecular weight excluding hydrogens is 563 g/mol. The van der Waals surface area contributed by atoms with Crippen molar-refractivity contribution in [2.75, 3.05) is 16.8 Å². The van der Waals surface area contributed by atoms with Gasteiger partial charge in [0.25, 0.3) is 22.7 Å². The van der Waals surface area contributed by atoms with E-state index in [9.17, 15) is 28.4 Å². The van der Waals surface area contributed by atoms with Gasteiger partial charge in [0.1, 0.15) is 28.6 Å². The number of carbonyl (C=O) groups is 3. The van der Waals surface area contributed by atoms with E-state index >= 15 is 0 Å². The van der Waals surface area contributed by atoms with Crippen LogP contribution in [-0.4, -0.2) is 37.5 Å². The summed E-state index contributed by atoms with van der Waals surface area (Å²) in [6.07, 6.45) is 1.29. The van der Waals surface area contributed by atoms with Gasteiger partial charge in [0.2, 0.25) is 0 Å². The Balaban J connectivity index is 1.29. The second-order valence-electron chi connectivity index (χ2n) is 9.46. The van der Waals surface area contributed by atoms with Crippen LogP contribution in [0.25, 0.3) is 5.65 Å². The number of carboxylic acids is 1. The van der Waals surface area contributed by atoms with Crippen molar-refractivity contribution >= 4 is 40.5 Å². The number of hydrogen-bond acceptors (Lipinski definition) is 10. The van der Waals surface area contributed by atoms with Crippen molar-refractivity contribution in [3.63, 3.8) is 0 Å². The van der Waals surface area contributed by atoms with E-state index in [1.807, 2.05) is 0 Å². The molecule has 0 bridgehead atoms. The molecule has 15 heteroatoms. The van der Waals surface area contributed by atoms with Gasteiger partial charge in [0.15, 0.2) is 5.65 Å². The molecule has 2 amide bonds. The molecule has 2 aromatic heterocycles. The summed E-state index contributed by atoms with van der Waals surface area (Å²) in [6.45, 7) is -0.0929. The van der Waals surface area contributed by atoms with Gasteiger partial charge in [-0.2, -0.15) is 5.10 Å². The predicted molar refractivity (Wildman–Crippen MR) is 153 cm³/mol. The van der Waals surface area contributed by atoms with Crippen molar-refractivity contribution in [2.45, 2.75) is 19.6 Å². The summed E-state index contributed by atoms with van der Waals surface area (Å²) in [5, 5.41) is 21.1. The molecule has 0 aliphatic rings. The largest absolute Gasteiger partial charge is 0.478 e. The number of halogens is 1. The van der Waals surface area contributed by atoms with E-state index in [2.05, 4.69) is 26.0 Å². The monoisotopic (exact) mass is 586 g/mol. The quantitative estimate of drug-likeness (QED) is 0.126. The second kappa shape index (κ2) is 11.4. The van der Waals surface area contributed by atoms with Crippen LogP contribution in [0.1, 0.15) is 48.0 Å².